The first-order valence-corrected chi connectivity index (χ1v) is 30.7. The summed E-state index contributed by atoms with van der Waals surface area (Å²) in [5.41, 5.74) is 1.30. The van der Waals surface area contributed by atoms with Gasteiger partial charge in [0.25, 0.3) is 5.91 Å². The van der Waals surface area contributed by atoms with Crippen LogP contribution in [0.2, 0.25) is 52.4 Å². The highest BCUT2D eigenvalue weighted by molar-refractivity contribution is 6.97. The molecule has 0 aliphatic heterocycles. The minimum absolute atomic E-state index is 0.0226. The number of rotatable bonds is 19. The molecule has 0 heterocycles. The van der Waals surface area contributed by atoms with Gasteiger partial charge in [-0.25, -0.2) is 9.59 Å². The Morgan fingerprint density at radius 3 is 1.51 bits per heavy atom. The Morgan fingerprint density at radius 1 is 0.579 bits per heavy atom. The second kappa shape index (κ2) is 18.2. The SMILES string of the molecule is CCC(=O)c1cc([Si](C)(C)O[Si](C)(C)c2ccc(C(=O)O)c(C(=O)Nc3cccc(OC[Si](C)(C)O[Si](C)(C)COc4cccc(NC)c4)c3)c2)ccc1C(=O)O. The minimum atomic E-state index is -2.84. The monoisotopic (exact) mass is 846 g/mol. The first-order valence-electron chi connectivity index (χ1n) is 18.7. The van der Waals surface area contributed by atoms with Gasteiger partial charge in [0.1, 0.15) is 24.0 Å². The van der Waals surface area contributed by atoms with E-state index >= 15 is 0 Å². The summed E-state index contributed by atoms with van der Waals surface area (Å²) < 4.78 is 25.9. The number of carboxylic acids is 2. The lowest BCUT2D eigenvalue weighted by Crippen LogP contribution is -2.58. The molecule has 4 rings (SSSR count). The van der Waals surface area contributed by atoms with E-state index in [9.17, 15) is 29.4 Å². The van der Waals surface area contributed by atoms with Gasteiger partial charge in [-0.2, -0.15) is 0 Å². The quantitative estimate of drug-likeness (QED) is 0.0546. The van der Waals surface area contributed by atoms with E-state index in [0.717, 1.165) is 16.6 Å². The fourth-order valence-corrected chi connectivity index (χ4v) is 22.0. The molecule has 0 unspecified atom stereocenters. The van der Waals surface area contributed by atoms with Crippen LogP contribution >= 0.6 is 0 Å². The van der Waals surface area contributed by atoms with Gasteiger partial charge in [-0.1, -0.05) is 31.2 Å². The molecule has 0 atom stereocenters. The molecule has 0 saturated heterocycles. The van der Waals surface area contributed by atoms with E-state index in [1.165, 1.54) is 12.1 Å². The van der Waals surface area contributed by atoms with E-state index in [1.807, 2.05) is 57.5 Å². The van der Waals surface area contributed by atoms with Crippen LogP contribution in [0.25, 0.3) is 0 Å². The fraction of sp³-hybridized carbons (Fsp3) is 0.317. The van der Waals surface area contributed by atoms with Crippen molar-refractivity contribution in [3.8, 4) is 11.5 Å². The molecular weight excluding hydrogens is 793 g/mol. The number of carbonyl (C=O) groups excluding carboxylic acids is 2. The highest BCUT2D eigenvalue weighted by Crippen LogP contribution is 2.25. The van der Waals surface area contributed by atoms with Crippen LogP contribution in [0.4, 0.5) is 11.4 Å². The Balaban J connectivity index is 1.48. The van der Waals surface area contributed by atoms with E-state index in [-0.39, 0.29) is 34.5 Å². The van der Waals surface area contributed by atoms with Crippen LogP contribution in [0.1, 0.15) is 54.8 Å². The number of hydrogen-bond donors (Lipinski definition) is 4. The van der Waals surface area contributed by atoms with E-state index in [2.05, 4.69) is 36.8 Å². The number of ether oxygens (including phenoxy) is 2. The molecule has 0 spiro atoms. The van der Waals surface area contributed by atoms with E-state index < -0.39 is 51.1 Å². The molecule has 0 fully saturated rings. The summed E-state index contributed by atoms with van der Waals surface area (Å²) in [6, 6.07) is 24.1. The second-order valence-corrected chi connectivity index (χ2v) is 32.4. The Kier molecular flexibility index (Phi) is 14.3. The number of carboxylic acid groups (broad SMARTS) is 2. The van der Waals surface area contributed by atoms with Gasteiger partial charge in [-0.3, -0.25) is 9.59 Å². The van der Waals surface area contributed by atoms with Crippen LogP contribution in [0, 0.1) is 0 Å². The van der Waals surface area contributed by atoms with Gasteiger partial charge in [-0.05, 0) is 111 Å². The number of ketones is 1. The molecular formula is C41H54N2O10Si4. The molecule has 1 amide bonds. The topological polar surface area (TPSA) is 170 Å². The molecule has 16 heteroatoms. The zero-order valence-corrected chi connectivity index (χ0v) is 38.4. The van der Waals surface area contributed by atoms with Crippen molar-refractivity contribution >= 4 is 78.6 Å². The molecule has 0 bridgehead atoms. The second-order valence-electron chi connectivity index (χ2n) is 16.0. The van der Waals surface area contributed by atoms with Crippen molar-refractivity contribution in [2.24, 2.45) is 0 Å². The molecule has 304 valence electrons. The van der Waals surface area contributed by atoms with Gasteiger partial charge in [0.2, 0.25) is 33.3 Å². The van der Waals surface area contributed by atoms with Crippen LogP contribution in [-0.2, 0) is 8.23 Å². The normalized spacial score (nSPS) is 12.1. The third-order valence-electron chi connectivity index (χ3n) is 9.21. The summed E-state index contributed by atoms with van der Waals surface area (Å²) in [5.74, 6) is -2.01. The summed E-state index contributed by atoms with van der Waals surface area (Å²) in [6.45, 7) is 17.9. The smallest absolute Gasteiger partial charge is 0.336 e. The summed E-state index contributed by atoms with van der Waals surface area (Å²) >= 11 is 0. The Hall–Kier alpha value is -4.85. The van der Waals surface area contributed by atoms with Gasteiger partial charge in [0, 0.05) is 42.5 Å². The maximum Gasteiger partial charge on any atom is 0.336 e. The third kappa shape index (κ3) is 12.1. The minimum Gasteiger partial charge on any atom is -0.494 e. The van der Waals surface area contributed by atoms with Gasteiger partial charge in [0.15, 0.2) is 5.78 Å². The zero-order valence-electron chi connectivity index (χ0n) is 34.4. The van der Waals surface area contributed by atoms with Gasteiger partial charge >= 0.3 is 11.9 Å². The van der Waals surface area contributed by atoms with Crippen molar-refractivity contribution in [1.82, 2.24) is 0 Å². The molecule has 0 aliphatic carbocycles. The summed E-state index contributed by atoms with van der Waals surface area (Å²) in [6.07, 6.45) is 0.998. The van der Waals surface area contributed by atoms with Gasteiger partial charge in [-0.15, -0.1) is 0 Å². The van der Waals surface area contributed by atoms with Crippen LogP contribution in [0.5, 0.6) is 11.5 Å². The molecule has 0 radical (unpaired) electrons. The van der Waals surface area contributed by atoms with Crippen LogP contribution in [-0.4, -0.2) is 86.6 Å². The predicted octanol–water partition coefficient (Wildman–Crippen LogP) is 7.47. The molecule has 0 aliphatic rings. The lowest BCUT2D eigenvalue weighted by Gasteiger charge is -2.35. The zero-order chi connectivity index (χ0) is 42.3. The third-order valence-corrected chi connectivity index (χ3v) is 22.8. The number of aromatic carboxylic acids is 2. The highest BCUT2D eigenvalue weighted by atomic mass is 28.4. The van der Waals surface area contributed by atoms with Gasteiger partial charge in [0.05, 0.1) is 16.7 Å². The van der Waals surface area contributed by atoms with Crippen molar-refractivity contribution in [3.63, 3.8) is 0 Å². The summed E-state index contributed by atoms with van der Waals surface area (Å²) in [7, 11) is -8.32. The molecule has 4 aromatic carbocycles. The number of benzene rings is 4. The molecule has 57 heavy (non-hydrogen) atoms. The Morgan fingerprint density at radius 2 is 1.04 bits per heavy atom. The number of anilines is 2. The predicted molar refractivity (Wildman–Crippen MR) is 234 cm³/mol. The molecule has 12 nitrogen and oxygen atoms in total. The summed E-state index contributed by atoms with van der Waals surface area (Å²) in [5, 5.41) is 27.1. The lowest BCUT2D eigenvalue weighted by atomic mass is 10.0. The number of amides is 1. The van der Waals surface area contributed by atoms with Crippen molar-refractivity contribution in [2.75, 3.05) is 30.1 Å². The number of hydrogen-bond acceptors (Lipinski definition) is 9. The molecule has 0 saturated carbocycles. The van der Waals surface area contributed by atoms with Crippen molar-refractivity contribution in [3.05, 3.63) is 107 Å². The maximum atomic E-state index is 13.8. The van der Waals surface area contributed by atoms with Gasteiger partial charge < -0.3 is 38.6 Å². The van der Waals surface area contributed by atoms with Crippen LogP contribution < -0.4 is 30.5 Å². The van der Waals surface area contributed by atoms with E-state index in [4.69, 9.17) is 17.7 Å². The molecule has 4 aromatic rings. The first-order chi connectivity index (χ1) is 26.6. The van der Waals surface area contributed by atoms with Crippen molar-refractivity contribution in [1.29, 1.82) is 0 Å². The largest absolute Gasteiger partial charge is 0.494 e. The lowest BCUT2D eigenvalue weighted by molar-refractivity contribution is 0.0683. The van der Waals surface area contributed by atoms with E-state index in [1.54, 1.807) is 55.5 Å². The number of carbonyl (C=O) groups is 4. The fourth-order valence-electron chi connectivity index (χ4n) is 6.50. The average Bonchev–Trinajstić information content (AvgIpc) is 3.15. The Bertz CT molecular complexity index is 2140. The van der Waals surface area contributed by atoms with E-state index in [0.29, 0.717) is 29.1 Å². The highest BCUT2D eigenvalue weighted by Gasteiger charge is 2.38. The molecule has 0 aromatic heterocycles. The van der Waals surface area contributed by atoms with Crippen LogP contribution in [0.15, 0.2) is 84.9 Å². The Labute approximate surface area is 339 Å². The number of Topliss-reactive ketones (excluding diaryl/α,β-unsaturated/α-hetero) is 1. The van der Waals surface area contributed by atoms with Crippen LogP contribution in [0.3, 0.4) is 0 Å². The van der Waals surface area contributed by atoms with Crippen molar-refractivity contribution < 1.29 is 47.1 Å². The maximum absolute atomic E-state index is 13.8. The first kappa shape index (κ1) is 44.9. The number of nitrogens with one attached hydrogen (secondary N) is 2. The standard InChI is InChI=1S/C41H54N2O10Si4/c1-11-38(44)36-24-32(18-20-34(36)40(46)47)56(7,8)53-57(9,10)33-19-21-35(41(48)49)37(25-33)39(45)43-29-15-13-17-31(23-29)51-27-55(5,6)52-54(3,4)26-50-30-16-12-14-28(22-30)42-2/h12-25,42H,11,26-27H2,1-10H3,(H,43,45)(H,46,47)(H,48,49). The summed E-state index contributed by atoms with van der Waals surface area (Å²) in [4.78, 5) is 50.6. The molecule has 4 N–H and O–H groups in total. The average molecular weight is 847 g/mol. The van der Waals surface area contributed by atoms with Crippen molar-refractivity contribution in [2.45, 2.75) is 65.7 Å².